The Kier molecular flexibility index (Phi) is 7.61. The minimum absolute atomic E-state index is 0.00330. The summed E-state index contributed by atoms with van der Waals surface area (Å²) < 4.78 is 1.97. The van der Waals surface area contributed by atoms with Crippen LogP contribution < -0.4 is 5.73 Å². The summed E-state index contributed by atoms with van der Waals surface area (Å²) in [5, 5.41) is 9.02. The lowest BCUT2D eigenvalue weighted by Crippen LogP contribution is -2.25. The lowest BCUT2D eigenvalue weighted by Gasteiger charge is -2.10. The molecule has 26 heavy (non-hydrogen) atoms. The zero-order chi connectivity index (χ0) is 19.1. The van der Waals surface area contributed by atoms with Crippen LogP contribution in [-0.2, 0) is 19.9 Å². The highest BCUT2D eigenvalue weighted by molar-refractivity contribution is 5.94. The molecule has 0 aliphatic heterocycles. The summed E-state index contributed by atoms with van der Waals surface area (Å²) in [4.78, 5) is 12.5. The van der Waals surface area contributed by atoms with E-state index in [0.29, 0.717) is 6.42 Å². The van der Waals surface area contributed by atoms with Crippen LogP contribution in [-0.4, -0.2) is 28.1 Å². The van der Waals surface area contributed by atoms with Crippen LogP contribution in [0.1, 0.15) is 58.6 Å². The van der Waals surface area contributed by atoms with Gasteiger partial charge in [-0.2, -0.15) is 0 Å². The molecular formula is C22H32N2O2. The number of aliphatic hydroxyl groups excluding tert-OH is 1. The van der Waals surface area contributed by atoms with Crippen LogP contribution in [0.2, 0.25) is 0 Å². The summed E-state index contributed by atoms with van der Waals surface area (Å²) in [7, 11) is 1.93. The van der Waals surface area contributed by atoms with Crippen LogP contribution in [0.4, 0.5) is 0 Å². The Morgan fingerprint density at radius 1 is 1.12 bits per heavy atom. The molecule has 0 spiro atoms. The smallest absolute Gasteiger partial charge is 0.179 e. The topological polar surface area (TPSA) is 68.2 Å². The highest BCUT2D eigenvalue weighted by Gasteiger charge is 2.13. The van der Waals surface area contributed by atoms with Gasteiger partial charge in [0.2, 0.25) is 0 Å². The van der Waals surface area contributed by atoms with Crippen molar-refractivity contribution in [2.24, 2.45) is 12.8 Å². The van der Waals surface area contributed by atoms with Gasteiger partial charge >= 0.3 is 0 Å². The number of benzene rings is 1. The maximum Gasteiger partial charge on any atom is 0.179 e. The van der Waals surface area contributed by atoms with Gasteiger partial charge in [-0.05, 0) is 63.6 Å². The van der Waals surface area contributed by atoms with Crippen molar-refractivity contribution in [3.8, 4) is 0 Å². The molecule has 4 heteroatoms. The van der Waals surface area contributed by atoms with Crippen molar-refractivity contribution in [2.45, 2.75) is 58.4 Å². The number of hydrogen-bond acceptors (Lipinski definition) is 3. The molecule has 1 atom stereocenters. The Morgan fingerprint density at radius 2 is 1.81 bits per heavy atom. The first-order valence-corrected chi connectivity index (χ1v) is 9.52. The van der Waals surface area contributed by atoms with Crippen LogP contribution in [0, 0.1) is 13.8 Å². The van der Waals surface area contributed by atoms with Crippen molar-refractivity contribution in [1.29, 1.82) is 0 Å². The second kappa shape index (κ2) is 9.70. The Bertz CT molecular complexity index is 713. The van der Waals surface area contributed by atoms with Gasteiger partial charge in [-0.3, -0.25) is 4.79 Å². The summed E-state index contributed by atoms with van der Waals surface area (Å²) in [5.41, 5.74) is 11.6. The van der Waals surface area contributed by atoms with Crippen LogP contribution in [0.15, 0.2) is 30.3 Å². The summed E-state index contributed by atoms with van der Waals surface area (Å²) in [6, 6.07) is 10.4. The number of carbonyl (C=O) groups is 1. The van der Waals surface area contributed by atoms with Gasteiger partial charge in [-0.15, -0.1) is 0 Å². The number of Topliss-reactive ketones (excluding diaryl/α,β-unsaturated/α-hetero) is 1. The molecule has 1 aromatic heterocycles. The fourth-order valence-corrected chi connectivity index (χ4v) is 3.47. The van der Waals surface area contributed by atoms with Crippen LogP contribution in [0.3, 0.4) is 0 Å². The van der Waals surface area contributed by atoms with E-state index in [1.165, 1.54) is 16.7 Å². The summed E-state index contributed by atoms with van der Waals surface area (Å²) in [6.45, 7) is 4.25. The molecular weight excluding hydrogens is 324 g/mol. The van der Waals surface area contributed by atoms with E-state index in [2.05, 4.69) is 32.0 Å². The molecule has 142 valence electrons. The molecule has 0 amide bonds. The number of unbranched alkanes of at least 4 members (excludes halogenated alkanes) is 1. The van der Waals surface area contributed by atoms with E-state index in [4.69, 9.17) is 10.8 Å². The Balaban J connectivity index is 1.81. The summed E-state index contributed by atoms with van der Waals surface area (Å²) in [6.07, 6.45) is 5.03. The molecule has 0 saturated carbocycles. The molecule has 0 aliphatic rings. The van der Waals surface area contributed by atoms with Gasteiger partial charge in [0.25, 0.3) is 0 Å². The van der Waals surface area contributed by atoms with E-state index in [-0.39, 0.29) is 18.4 Å². The minimum atomic E-state index is -0.200. The van der Waals surface area contributed by atoms with E-state index in [1.54, 1.807) is 0 Å². The average Bonchev–Trinajstić information content (AvgIpc) is 2.96. The number of carbonyl (C=O) groups excluding carboxylic acids is 1. The molecule has 0 fully saturated rings. The van der Waals surface area contributed by atoms with Gasteiger partial charge in [0, 0.05) is 25.2 Å². The summed E-state index contributed by atoms with van der Waals surface area (Å²) in [5.74, 6) is 0.200. The fraction of sp³-hybridized carbons (Fsp3) is 0.500. The van der Waals surface area contributed by atoms with Crippen molar-refractivity contribution in [1.82, 2.24) is 4.57 Å². The number of aliphatic hydroxyl groups is 1. The lowest BCUT2D eigenvalue weighted by atomic mass is 10.0. The normalized spacial score (nSPS) is 12.3. The number of aryl methyl sites for hydroxylation is 4. The van der Waals surface area contributed by atoms with Crippen molar-refractivity contribution in [2.75, 3.05) is 6.61 Å². The Labute approximate surface area is 157 Å². The average molecular weight is 357 g/mol. The van der Waals surface area contributed by atoms with Gasteiger partial charge in [0.05, 0.1) is 12.3 Å². The minimum Gasteiger partial charge on any atom is -0.395 e. The second-order valence-corrected chi connectivity index (χ2v) is 7.38. The molecule has 1 aromatic carbocycles. The Hall–Kier alpha value is -1.91. The van der Waals surface area contributed by atoms with Gasteiger partial charge < -0.3 is 15.4 Å². The maximum atomic E-state index is 12.5. The van der Waals surface area contributed by atoms with Gasteiger partial charge in [0.1, 0.15) is 0 Å². The molecule has 3 N–H and O–H groups in total. The molecule has 4 nitrogen and oxygen atoms in total. The number of hydrogen-bond donors (Lipinski definition) is 2. The quantitative estimate of drug-likeness (QED) is 0.506. The zero-order valence-corrected chi connectivity index (χ0v) is 16.3. The first-order chi connectivity index (χ1) is 12.4. The largest absolute Gasteiger partial charge is 0.395 e. The first kappa shape index (κ1) is 20.4. The second-order valence-electron chi connectivity index (χ2n) is 7.38. The monoisotopic (exact) mass is 356 g/mol. The molecule has 0 unspecified atom stereocenters. The van der Waals surface area contributed by atoms with Crippen molar-refractivity contribution in [3.05, 3.63) is 58.4 Å². The highest BCUT2D eigenvalue weighted by atomic mass is 16.3. The lowest BCUT2D eigenvalue weighted by molar-refractivity contribution is 0.0971. The van der Waals surface area contributed by atoms with E-state index in [0.717, 1.165) is 43.5 Å². The third-order valence-corrected chi connectivity index (χ3v) is 4.92. The summed E-state index contributed by atoms with van der Waals surface area (Å²) >= 11 is 0. The van der Waals surface area contributed by atoms with Crippen LogP contribution in [0.25, 0.3) is 0 Å². The van der Waals surface area contributed by atoms with Crippen molar-refractivity contribution in [3.63, 3.8) is 0 Å². The molecule has 0 aliphatic carbocycles. The fourth-order valence-electron chi connectivity index (χ4n) is 3.47. The van der Waals surface area contributed by atoms with E-state index in [9.17, 15) is 4.79 Å². The molecule has 0 bridgehead atoms. The number of aromatic nitrogens is 1. The molecule has 0 saturated heterocycles. The SMILES string of the molecule is Cc1cc(C)cc(CCCCC(=O)c2ccc(CC[C@@H](N)CO)n2C)c1. The van der Waals surface area contributed by atoms with Crippen molar-refractivity contribution < 1.29 is 9.90 Å². The maximum absolute atomic E-state index is 12.5. The number of ketones is 1. The van der Waals surface area contributed by atoms with Crippen molar-refractivity contribution >= 4 is 5.78 Å². The van der Waals surface area contributed by atoms with Gasteiger partial charge in [-0.25, -0.2) is 0 Å². The van der Waals surface area contributed by atoms with Crippen LogP contribution in [0.5, 0.6) is 0 Å². The van der Waals surface area contributed by atoms with E-state index in [1.807, 2.05) is 23.7 Å². The third kappa shape index (κ3) is 5.82. The van der Waals surface area contributed by atoms with E-state index >= 15 is 0 Å². The molecule has 1 heterocycles. The van der Waals surface area contributed by atoms with Gasteiger partial charge in [-0.1, -0.05) is 29.3 Å². The number of rotatable bonds is 10. The first-order valence-electron chi connectivity index (χ1n) is 9.52. The molecule has 2 rings (SSSR count). The van der Waals surface area contributed by atoms with Crippen LogP contribution >= 0.6 is 0 Å². The third-order valence-electron chi connectivity index (χ3n) is 4.92. The Morgan fingerprint density at radius 3 is 2.46 bits per heavy atom. The predicted molar refractivity (Wildman–Crippen MR) is 107 cm³/mol. The standard InChI is InChI=1S/C22H32N2O2/c1-16-12-17(2)14-18(13-16)6-4-5-7-22(26)21-11-10-20(24(21)3)9-8-19(23)15-25/h10-14,19,25H,4-9,15,23H2,1-3H3/t19-/m1/s1. The highest BCUT2D eigenvalue weighted by Crippen LogP contribution is 2.16. The number of nitrogens with zero attached hydrogens (tertiary/aromatic N) is 1. The zero-order valence-electron chi connectivity index (χ0n) is 16.3. The molecule has 0 radical (unpaired) electrons. The number of nitrogens with two attached hydrogens (primary N) is 1. The predicted octanol–water partition coefficient (Wildman–Crippen LogP) is 3.49. The van der Waals surface area contributed by atoms with E-state index < -0.39 is 0 Å². The molecule has 2 aromatic rings. The van der Waals surface area contributed by atoms with Gasteiger partial charge in [0.15, 0.2) is 5.78 Å².